The quantitative estimate of drug-likeness (QED) is 0.714. The molecule has 3 heterocycles. The molecular weight excluding hydrogens is 334 g/mol. The van der Waals surface area contributed by atoms with Crippen LogP contribution in [0.4, 0.5) is 0 Å². The first kappa shape index (κ1) is 16.2. The van der Waals surface area contributed by atoms with Crippen molar-refractivity contribution in [2.75, 3.05) is 6.54 Å². The van der Waals surface area contributed by atoms with Gasteiger partial charge in [0.2, 0.25) is 11.7 Å². The van der Waals surface area contributed by atoms with E-state index in [4.69, 9.17) is 4.52 Å². The van der Waals surface area contributed by atoms with Gasteiger partial charge in [0.15, 0.2) is 0 Å². The van der Waals surface area contributed by atoms with Crippen LogP contribution >= 0.6 is 0 Å². The summed E-state index contributed by atoms with van der Waals surface area (Å²) in [7, 11) is 1.52. The summed E-state index contributed by atoms with van der Waals surface area (Å²) in [6.07, 6.45) is 1.58. The van der Waals surface area contributed by atoms with Gasteiger partial charge in [0.1, 0.15) is 11.7 Å². The summed E-state index contributed by atoms with van der Waals surface area (Å²) >= 11 is 0. The van der Waals surface area contributed by atoms with Crippen LogP contribution in [0.15, 0.2) is 51.8 Å². The van der Waals surface area contributed by atoms with Crippen molar-refractivity contribution in [1.29, 1.82) is 0 Å². The van der Waals surface area contributed by atoms with Gasteiger partial charge in [-0.3, -0.25) is 9.59 Å². The van der Waals surface area contributed by atoms with Crippen LogP contribution in [0.25, 0.3) is 11.4 Å². The highest BCUT2D eigenvalue weighted by atomic mass is 16.5. The molecule has 1 saturated heterocycles. The molecule has 0 spiro atoms. The molecule has 1 amide bonds. The predicted octanol–water partition coefficient (Wildman–Crippen LogP) is 1.81. The number of hydrogen-bond donors (Lipinski definition) is 0. The van der Waals surface area contributed by atoms with Crippen LogP contribution in [-0.4, -0.2) is 37.3 Å². The first-order valence-corrected chi connectivity index (χ1v) is 8.38. The maximum atomic E-state index is 12.8. The second-order valence-corrected chi connectivity index (χ2v) is 6.16. The number of aryl methyl sites for hydroxylation is 1. The molecule has 26 heavy (non-hydrogen) atoms. The fourth-order valence-corrected chi connectivity index (χ4v) is 3.11. The van der Waals surface area contributed by atoms with Gasteiger partial charge in [0, 0.05) is 25.2 Å². The Hall–Kier alpha value is -3.29. The fraction of sp³-hybridized carbons (Fsp3) is 0.278. The molecule has 0 N–H and O–H groups in total. The average molecular weight is 351 g/mol. The maximum absolute atomic E-state index is 12.8. The van der Waals surface area contributed by atoms with Crippen LogP contribution in [0.5, 0.6) is 0 Å². The normalized spacial score (nSPS) is 16.8. The van der Waals surface area contributed by atoms with Crippen molar-refractivity contribution in [1.82, 2.24) is 24.8 Å². The molecule has 1 atom stereocenters. The van der Waals surface area contributed by atoms with E-state index in [0.717, 1.165) is 23.1 Å². The molecule has 1 aliphatic heterocycles. The van der Waals surface area contributed by atoms with Gasteiger partial charge in [-0.1, -0.05) is 35.5 Å². The van der Waals surface area contributed by atoms with Crippen LogP contribution in [0.2, 0.25) is 0 Å². The van der Waals surface area contributed by atoms with E-state index in [1.54, 1.807) is 4.90 Å². The molecule has 1 aromatic carbocycles. The molecule has 132 valence electrons. The van der Waals surface area contributed by atoms with Crippen LogP contribution in [0.1, 0.15) is 35.3 Å². The minimum absolute atomic E-state index is 0.224. The Bertz CT molecular complexity index is 995. The molecule has 0 radical (unpaired) electrons. The highest BCUT2D eigenvalue weighted by Gasteiger charge is 2.35. The fourth-order valence-electron chi connectivity index (χ4n) is 3.11. The van der Waals surface area contributed by atoms with Crippen LogP contribution in [0, 0.1) is 0 Å². The van der Waals surface area contributed by atoms with E-state index in [9.17, 15) is 9.59 Å². The minimum Gasteiger partial charge on any atom is -0.337 e. The molecule has 8 nitrogen and oxygen atoms in total. The Morgan fingerprint density at radius 2 is 2.00 bits per heavy atom. The van der Waals surface area contributed by atoms with Gasteiger partial charge in [-0.2, -0.15) is 10.1 Å². The molecule has 2 aromatic heterocycles. The summed E-state index contributed by atoms with van der Waals surface area (Å²) in [6, 6.07) is 12.0. The highest BCUT2D eigenvalue weighted by Crippen LogP contribution is 2.32. The first-order valence-electron chi connectivity index (χ1n) is 8.38. The Kier molecular flexibility index (Phi) is 4.08. The van der Waals surface area contributed by atoms with E-state index in [1.807, 2.05) is 30.3 Å². The van der Waals surface area contributed by atoms with Gasteiger partial charge in [-0.05, 0) is 18.9 Å². The molecule has 0 aliphatic carbocycles. The minimum atomic E-state index is -0.286. The summed E-state index contributed by atoms with van der Waals surface area (Å²) in [5.74, 6) is 0.669. The topological polar surface area (TPSA) is 94.1 Å². The van der Waals surface area contributed by atoms with Crippen LogP contribution in [-0.2, 0) is 7.05 Å². The summed E-state index contributed by atoms with van der Waals surface area (Å²) < 4.78 is 6.58. The third-order valence-corrected chi connectivity index (χ3v) is 4.45. The zero-order chi connectivity index (χ0) is 18.1. The second kappa shape index (κ2) is 6.55. The number of aromatic nitrogens is 4. The van der Waals surface area contributed by atoms with Crippen molar-refractivity contribution in [3.05, 3.63) is 64.4 Å². The zero-order valence-corrected chi connectivity index (χ0v) is 14.2. The van der Waals surface area contributed by atoms with Gasteiger partial charge in [0.25, 0.3) is 11.5 Å². The summed E-state index contributed by atoms with van der Waals surface area (Å²) in [4.78, 5) is 30.5. The molecule has 3 aromatic rings. The maximum Gasteiger partial charge on any atom is 0.274 e. The van der Waals surface area contributed by atoms with Gasteiger partial charge in [-0.15, -0.1) is 0 Å². The van der Waals surface area contributed by atoms with Gasteiger partial charge in [-0.25, -0.2) is 4.68 Å². The largest absolute Gasteiger partial charge is 0.337 e. The van der Waals surface area contributed by atoms with Crippen molar-refractivity contribution in [3.63, 3.8) is 0 Å². The molecular formula is C18H17N5O3. The van der Waals surface area contributed by atoms with Crippen molar-refractivity contribution < 1.29 is 9.32 Å². The number of hydrogen-bond acceptors (Lipinski definition) is 6. The molecule has 1 fully saturated rings. The summed E-state index contributed by atoms with van der Waals surface area (Å²) in [5.41, 5.74) is 0.823. The number of carbonyl (C=O) groups excluding carboxylic acids is 1. The standard InChI is InChI=1S/C18H17N5O3/c1-22-15(24)10-9-13(20-22)18(25)23-11-5-8-14(23)17-19-16(21-26-17)12-6-3-2-4-7-12/h2-4,6-7,9-10,14H,5,8,11H2,1H3. The molecule has 4 rings (SSSR count). The van der Waals surface area contributed by atoms with Crippen LogP contribution < -0.4 is 5.56 Å². The third-order valence-electron chi connectivity index (χ3n) is 4.45. The number of rotatable bonds is 3. The van der Waals surface area contributed by atoms with Gasteiger partial charge < -0.3 is 9.42 Å². The van der Waals surface area contributed by atoms with Gasteiger partial charge in [0.05, 0.1) is 0 Å². The smallest absolute Gasteiger partial charge is 0.274 e. The third kappa shape index (κ3) is 2.90. The number of benzene rings is 1. The molecule has 1 aliphatic rings. The van der Waals surface area contributed by atoms with Crippen LogP contribution in [0.3, 0.4) is 0 Å². The average Bonchev–Trinajstić information content (AvgIpc) is 3.33. The van der Waals surface area contributed by atoms with Crippen molar-refractivity contribution >= 4 is 5.91 Å². The van der Waals surface area contributed by atoms with E-state index < -0.39 is 0 Å². The predicted molar refractivity (Wildman–Crippen MR) is 92.2 cm³/mol. The zero-order valence-electron chi connectivity index (χ0n) is 14.2. The first-order chi connectivity index (χ1) is 12.6. The Morgan fingerprint density at radius 3 is 2.77 bits per heavy atom. The number of carbonyl (C=O) groups is 1. The Labute approximate surface area is 149 Å². The Morgan fingerprint density at radius 1 is 1.19 bits per heavy atom. The van der Waals surface area contributed by atoms with Gasteiger partial charge >= 0.3 is 0 Å². The summed E-state index contributed by atoms with van der Waals surface area (Å²) in [6.45, 7) is 0.580. The molecule has 0 saturated carbocycles. The lowest BCUT2D eigenvalue weighted by atomic mass is 10.2. The molecule has 8 heteroatoms. The monoisotopic (exact) mass is 351 g/mol. The lowest BCUT2D eigenvalue weighted by molar-refractivity contribution is 0.0701. The second-order valence-electron chi connectivity index (χ2n) is 6.16. The van der Waals surface area contributed by atoms with E-state index >= 15 is 0 Å². The number of nitrogens with zero attached hydrogens (tertiary/aromatic N) is 5. The molecule has 1 unspecified atom stereocenters. The van der Waals surface area contributed by atoms with E-state index in [2.05, 4.69) is 15.2 Å². The lowest BCUT2D eigenvalue weighted by Crippen LogP contribution is -2.33. The van der Waals surface area contributed by atoms with Crippen molar-refractivity contribution in [2.45, 2.75) is 18.9 Å². The van der Waals surface area contributed by atoms with Crippen molar-refractivity contribution in [2.24, 2.45) is 7.05 Å². The number of amides is 1. The SMILES string of the molecule is Cn1nc(C(=O)N2CCCC2c2nc(-c3ccccc3)no2)ccc1=O. The summed E-state index contributed by atoms with van der Waals surface area (Å²) in [5, 5.41) is 8.08. The molecule has 0 bridgehead atoms. The number of likely N-dealkylation sites (tertiary alicyclic amines) is 1. The van der Waals surface area contributed by atoms with E-state index in [1.165, 1.54) is 19.2 Å². The Balaban J connectivity index is 1.60. The van der Waals surface area contributed by atoms with E-state index in [0.29, 0.717) is 18.3 Å². The lowest BCUT2D eigenvalue weighted by Gasteiger charge is -2.21. The highest BCUT2D eigenvalue weighted by molar-refractivity contribution is 5.92. The van der Waals surface area contributed by atoms with E-state index in [-0.39, 0.29) is 23.2 Å². The van der Waals surface area contributed by atoms with Crippen molar-refractivity contribution in [3.8, 4) is 11.4 Å².